The van der Waals surface area contributed by atoms with Crippen molar-refractivity contribution >= 4 is 5.69 Å². The third-order valence-electron chi connectivity index (χ3n) is 3.59. The van der Waals surface area contributed by atoms with Crippen molar-refractivity contribution in [2.45, 2.75) is 32.3 Å². The summed E-state index contributed by atoms with van der Waals surface area (Å²) in [6, 6.07) is 4.99. The summed E-state index contributed by atoms with van der Waals surface area (Å²) in [5.41, 5.74) is -0.0667. The van der Waals surface area contributed by atoms with Gasteiger partial charge in [-0.15, -0.1) is 0 Å². The minimum Gasteiger partial charge on any atom is -0.487 e. The van der Waals surface area contributed by atoms with Crippen LogP contribution in [0.25, 0.3) is 0 Å². The van der Waals surface area contributed by atoms with Gasteiger partial charge in [-0.2, -0.15) is 0 Å². The highest BCUT2D eigenvalue weighted by Crippen LogP contribution is 2.40. The highest BCUT2D eigenvalue weighted by molar-refractivity contribution is 5.57. The van der Waals surface area contributed by atoms with Crippen LogP contribution in [0.1, 0.15) is 26.2 Å². The third kappa shape index (κ3) is 3.85. The molecule has 1 aliphatic carbocycles. The van der Waals surface area contributed by atoms with Crippen LogP contribution in [0.15, 0.2) is 18.2 Å². The second kappa shape index (κ2) is 7.26. The molecule has 116 valence electrons. The molecule has 0 spiro atoms. The molecule has 1 N–H and O–H groups in total. The Balaban J connectivity index is 2.06. The van der Waals surface area contributed by atoms with Crippen molar-refractivity contribution in [3.63, 3.8) is 0 Å². The van der Waals surface area contributed by atoms with E-state index in [-0.39, 0.29) is 17.5 Å². The van der Waals surface area contributed by atoms with Gasteiger partial charge in [0, 0.05) is 0 Å². The number of para-hydroxylation sites is 1. The second-order valence-electron chi connectivity index (χ2n) is 5.34. The van der Waals surface area contributed by atoms with Crippen molar-refractivity contribution in [3.05, 3.63) is 28.3 Å². The van der Waals surface area contributed by atoms with Gasteiger partial charge in [0.05, 0.1) is 17.6 Å². The quantitative estimate of drug-likeness (QED) is 0.589. The summed E-state index contributed by atoms with van der Waals surface area (Å²) in [5.74, 6) is 1.19. The molecule has 0 saturated heterocycles. The average molecular weight is 294 g/mol. The third-order valence-corrected chi connectivity index (χ3v) is 3.59. The molecule has 0 heterocycles. The average Bonchev–Trinajstić information content (AvgIpc) is 2.42. The number of ether oxygens (including phenoxy) is 2. The molecule has 0 radical (unpaired) electrons. The molecule has 21 heavy (non-hydrogen) atoms. The zero-order valence-corrected chi connectivity index (χ0v) is 12.5. The molecule has 0 atom stereocenters. The van der Waals surface area contributed by atoms with Gasteiger partial charge < -0.3 is 14.8 Å². The van der Waals surface area contributed by atoms with Crippen molar-refractivity contribution < 1.29 is 14.4 Å². The van der Waals surface area contributed by atoms with Gasteiger partial charge in [0.2, 0.25) is 11.5 Å². The fraction of sp³-hybridized carbons (Fsp3) is 0.600. The summed E-state index contributed by atoms with van der Waals surface area (Å²) in [6.45, 7) is 3.38. The van der Waals surface area contributed by atoms with Crippen LogP contribution in [0, 0.1) is 16.0 Å². The van der Waals surface area contributed by atoms with Gasteiger partial charge >= 0.3 is 5.69 Å². The Morgan fingerprint density at radius 2 is 2.10 bits per heavy atom. The number of nitro benzene ring substituents is 1. The summed E-state index contributed by atoms with van der Waals surface area (Å²) in [4.78, 5) is 10.9. The lowest BCUT2D eigenvalue weighted by Crippen LogP contribution is -2.38. The van der Waals surface area contributed by atoms with Gasteiger partial charge in [-0.25, -0.2) is 0 Å². The summed E-state index contributed by atoms with van der Waals surface area (Å²) in [7, 11) is 1.92. The molecule has 0 aromatic heterocycles. The van der Waals surface area contributed by atoms with E-state index in [2.05, 4.69) is 5.32 Å². The van der Waals surface area contributed by atoms with Crippen LogP contribution in [0.3, 0.4) is 0 Å². The SMILES string of the molecule is CCCOc1cccc(OC2CC(CNC)C2)c1[N+](=O)[O-]. The molecule has 1 aromatic rings. The van der Waals surface area contributed by atoms with E-state index in [0.29, 0.717) is 18.3 Å². The highest BCUT2D eigenvalue weighted by atomic mass is 16.6. The van der Waals surface area contributed by atoms with E-state index in [1.165, 1.54) is 0 Å². The first kappa shape index (κ1) is 15.6. The molecule has 1 aliphatic rings. The van der Waals surface area contributed by atoms with Crippen LogP contribution in [0.2, 0.25) is 0 Å². The van der Waals surface area contributed by atoms with Crippen molar-refractivity contribution in [1.29, 1.82) is 0 Å². The van der Waals surface area contributed by atoms with E-state index in [1.54, 1.807) is 18.2 Å². The van der Waals surface area contributed by atoms with Gasteiger partial charge in [0.15, 0.2) is 0 Å². The maximum Gasteiger partial charge on any atom is 0.352 e. The van der Waals surface area contributed by atoms with E-state index in [1.807, 2.05) is 14.0 Å². The smallest absolute Gasteiger partial charge is 0.352 e. The Hall–Kier alpha value is -1.82. The first-order valence-electron chi connectivity index (χ1n) is 7.37. The maximum absolute atomic E-state index is 11.3. The van der Waals surface area contributed by atoms with E-state index >= 15 is 0 Å². The molecular formula is C15H22N2O4. The summed E-state index contributed by atoms with van der Waals surface area (Å²) < 4.78 is 11.2. The molecule has 0 aliphatic heterocycles. The number of nitrogens with one attached hydrogen (secondary N) is 1. The van der Waals surface area contributed by atoms with E-state index in [0.717, 1.165) is 25.8 Å². The normalized spacial score (nSPS) is 20.7. The van der Waals surface area contributed by atoms with Crippen molar-refractivity contribution in [1.82, 2.24) is 5.32 Å². The second-order valence-corrected chi connectivity index (χ2v) is 5.34. The maximum atomic E-state index is 11.3. The van der Waals surface area contributed by atoms with Crippen molar-refractivity contribution in [2.24, 2.45) is 5.92 Å². The zero-order chi connectivity index (χ0) is 15.2. The Labute approximate surface area is 124 Å². The number of rotatable bonds is 8. The van der Waals surface area contributed by atoms with E-state index in [9.17, 15) is 10.1 Å². The molecule has 2 rings (SSSR count). The number of nitro groups is 1. The zero-order valence-electron chi connectivity index (χ0n) is 12.5. The van der Waals surface area contributed by atoms with Gasteiger partial charge in [-0.1, -0.05) is 13.0 Å². The Morgan fingerprint density at radius 1 is 1.38 bits per heavy atom. The van der Waals surface area contributed by atoms with Gasteiger partial charge in [0.25, 0.3) is 0 Å². The van der Waals surface area contributed by atoms with Gasteiger partial charge in [-0.05, 0) is 50.9 Å². The number of hydrogen-bond donors (Lipinski definition) is 1. The van der Waals surface area contributed by atoms with Crippen molar-refractivity contribution in [3.8, 4) is 11.5 Å². The lowest BCUT2D eigenvalue weighted by Gasteiger charge is -2.35. The van der Waals surface area contributed by atoms with E-state index < -0.39 is 4.92 Å². The Kier molecular flexibility index (Phi) is 5.38. The molecule has 0 unspecified atom stereocenters. The number of nitrogens with zero attached hydrogens (tertiary/aromatic N) is 1. The molecule has 0 amide bonds. The molecule has 6 nitrogen and oxygen atoms in total. The topological polar surface area (TPSA) is 73.6 Å². The minimum atomic E-state index is -0.427. The number of benzene rings is 1. The van der Waals surface area contributed by atoms with Crippen LogP contribution >= 0.6 is 0 Å². The summed E-state index contributed by atoms with van der Waals surface area (Å²) >= 11 is 0. The predicted molar refractivity (Wildman–Crippen MR) is 79.9 cm³/mol. The molecule has 1 fully saturated rings. The van der Waals surface area contributed by atoms with Gasteiger partial charge in [0.1, 0.15) is 0 Å². The van der Waals surface area contributed by atoms with Crippen LogP contribution in [0.4, 0.5) is 5.69 Å². The molecule has 0 bridgehead atoms. The molecular weight excluding hydrogens is 272 g/mol. The molecule has 6 heteroatoms. The monoisotopic (exact) mass is 294 g/mol. The van der Waals surface area contributed by atoms with Gasteiger partial charge in [-0.3, -0.25) is 10.1 Å². The standard InChI is InChI=1S/C15H22N2O4/c1-3-7-20-13-5-4-6-14(15(13)17(18)19)21-12-8-11(9-12)10-16-2/h4-6,11-12,16H,3,7-10H2,1-2H3. The number of hydrogen-bond acceptors (Lipinski definition) is 5. The Bertz CT molecular complexity index is 487. The predicted octanol–water partition coefficient (Wildman–Crippen LogP) is 2.76. The first-order chi connectivity index (χ1) is 10.2. The fourth-order valence-electron chi connectivity index (χ4n) is 2.51. The molecule has 1 aromatic carbocycles. The van der Waals surface area contributed by atoms with Crippen LogP contribution < -0.4 is 14.8 Å². The lowest BCUT2D eigenvalue weighted by atomic mass is 9.82. The molecule has 1 saturated carbocycles. The summed E-state index contributed by atoms with van der Waals surface area (Å²) in [6.07, 6.45) is 2.72. The minimum absolute atomic E-state index is 0.0588. The highest BCUT2D eigenvalue weighted by Gasteiger charge is 2.33. The lowest BCUT2D eigenvalue weighted by molar-refractivity contribution is -0.387. The van der Waals surface area contributed by atoms with Crippen molar-refractivity contribution in [2.75, 3.05) is 20.2 Å². The van der Waals surface area contributed by atoms with Crippen LogP contribution in [0.5, 0.6) is 11.5 Å². The van der Waals surface area contributed by atoms with Crippen LogP contribution in [-0.2, 0) is 0 Å². The van der Waals surface area contributed by atoms with E-state index in [4.69, 9.17) is 9.47 Å². The van der Waals surface area contributed by atoms with Crippen LogP contribution in [-0.4, -0.2) is 31.2 Å². The summed E-state index contributed by atoms with van der Waals surface area (Å²) in [5, 5.41) is 14.4. The Morgan fingerprint density at radius 3 is 2.71 bits per heavy atom. The largest absolute Gasteiger partial charge is 0.487 e. The fourth-order valence-corrected chi connectivity index (χ4v) is 2.51. The first-order valence-corrected chi connectivity index (χ1v) is 7.37.